The summed E-state index contributed by atoms with van der Waals surface area (Å²) in [6.07, 6.45) is 3.31. The van der Waals surface area contributed by atoms with Crippen LogP contribution in [0.1, 0.15) is 12.6 Å². The molecule has 3 aromatic rings. The number of benzene rings is 1. The van der Waals surface area contributed by atoms with Crippen LogP contribution in [0.25, 0.3) is 11.4 Å². The van der Waals surface area contributed by atoms with Crippen molar-refractivity contribution < 1.29 is 22.7 Å². The van der Waals surface area contributed by atoms with Gasteiger partial charge in [0, 0.05) is 44.2 Å². The lowest BCUT2D eigenvalue weighted by atomic mass is 10.2. The molecule has 3 N–H and O–H groups in total. The lowest BCUT2D eigenvalue weighted by Gasteiger charge is -2.34. The van der Waals surface area contributed by atoms with Crippen molar-refractivity contribution in [2.75, 3.05) is 47.7 Å². The number of hydrogen-bond donors (Lipinski definition) is 2. The van der Waals surface area contributed by atoms with Crippen molar-refractivity contribution in [3.8, 4) is 11.4 Å². The number of morpholine rings is 1. The highest BCUT2D eigenvalue weighted by atomic mass is 32.2. The Morgan fingerprint density at radius 2 is 1.97 bits per heavy atom. The summed E-state index contributed by atoms with van der Waals surface area (Å²) in [5.74, 6) is -1.27. The van der Waals surface area contributed by atoms with E-state index in [9.17, 15) is 18.0 Å². The predicted molar refractivity (Wildman–Crippen MR) is 142 cm³/mol. The minimum atomic E-state index is -3.81. The van der Waals surface area contributed by atoms with E-state index in [0.717, 1.165) is 0 Å². The molecule has 0 saturated carbocycles. The number of sulfone groups is 1. The molecule has 13 nitrogen and oxygen atoms in total. The van der Waals surface area contributed by atoms with Gasteiger partial charge in [0.1, 0.15) is 11.6 Å². The Morgan fingerprint density at radius 3 is 2.61 bits per heavy atom. The topological polar surface area (TPSA) is 166 Å². The van der Waals surface area contributed by atoms with Gasteiger partial charge in [-0.3, -0.25) is 14.4 Å². The summed E-state index contributed by atoms with van der Waals surface area (Å²) in [6.45, 7) is 3.60. The van der Waals surface area contributed by atoms with Crippen LogP contribution >= 0.6 is 0 Å². The maximum absolute atomic E-state index is 12.6. The third-order valence-corrected chi connectivity index (χ3v) is 7.40. The first-order valence-corrected chi connectivity index (χ1v) is 13.7. The zero-order chi connectivity index (χ0) is 27.4. The van der Waals surface area contributed by atoms with Crippen LogP contribution in [0.2, 0.25) is 0 Å². The van der Waals surface area contributed by atoms with E-state index in [1.54, 1.807) is 61.5 Å². The number of aromatic nitrogens is 4. The largest absolute Gasteiger partial charge is 0.377 e. The van der Waals surface area contributed by atoms with Gasteiger partial charge in [-0.25, -0.2) is 23.2 Å². The predicted octanol–water partition coefficient (Wildman–Crippen LogP) is 1.17. The highest BCUT2D eigenvalue weighted by Gasteiger charge is 2.24. The molecule has 2 aromatic heterocycles. The molecule has 3 amide bonds. The molecule has 1 fully saturated rings. The van der Waals surface area contributed by atoms with E-state index >= 15 is 0 Å². The normalized spacial score (nSPS) is 15.8. The number of ether oxygens (including phenoxy) is 1. The van der Waals surface area contributed by atoms with Crippen LogP contribution in [-0.2, 0) is 32.2 Å². The fraction of sp³-hybridized carbons (Fsp3) is 0.375. The molecule has 1 atom stereocenters. The number of amides is 3. The third kappa shape index (κ3) is 6.63. The number of aryl methyl sites for hydroxylation is 1. The van der Waals surface area contributed by atoms with E-state index in [1.165, 1.54) is 4.90 Å². The quantitative estimate of drug-likeness (QED) is 0.425. The molecule has 1 aromatic carbocycles. The molecule has 3 heterocycles. The first-order chi connectivity index (χ1) is 18.0. The van der Waals surface area contributed by atoms with Crippen LogP contribution in [0.5, 0.6) is 0 Å². The standard InChI is InChI=1S/C24H30N8O5S/c1-16-13-37-9-8-32(16)22-10-19(14-38(35,36)15-21(25)33)27-23(29-22)17-4-6-18(7-5-17)28-24(34)31(3)20-11-26-30(2)12-20/h4-7,10-12,16H,8-9,13-15H2,1-3H3,(H2,25,33)(H,28,34)/t16-/m0/s1. The van der Waals surface area contributed by atoms with Gasteiger partial charge < -0.3 is 20.7 Å². The van der Waals surface area contributed by atoms with Gasteiger partial charge in [-0.2, -0.15) is 5.10 Å². The molecule has 202 valence electrons. The molecule has 38 heavy (non-hydrogen) atoms. The first kappa shape index (κ1) is 27.0. The van der Waals surface area contributed by atoms with Gasteiger partial charge in [0.2, 0.25) is 5.91 Å². The van der Waals surface area contributed by atoms with Crippen molar-refractivity contribution in [2.24, 2.45) is 12.8 Å². The molecule has 14 heteroatoms. The Morgan fingerprint density at radius 1 is 1.24 bits per heavy atom. The van der Waals surface area contributed by atoms with Gasteiger partial charge in [0.25, 0.3) is 0 Å². The van der Waals surface area contributed by atoms with E-state index in [1.807, 2.05) is 11.8 Å². The lowest BCUT2D eigenvalue weighted by molar-refractivity contribution is -0.115. The smallest absolute Gasteiger partial charge is 0.326 e. The van der Waals surface area contributed by atoms with Crippen LogP contribution in [0.3, 0.4) is 0 Å². The molecule has 0 unspecified atom stereocenters. The minimum absolute atomic E-state index is 0.0240. The number of nitrogens with two attached hydrogens (primary N) is 1. The number of urea groups is 1. The van der Waals surface area contributed by atoms with Crippen LogP contribution < -0.4 is 20.9 Å². The summed E-state index contributed by atoms with van der Waals surface area (Å²) in [7, 11) is -0.403. The zero-order valence-electron chi connectivity index (χ0n) is 21.4. The van der Waals surface area contributed by atoms with Gasteiger partial charge in [0.15, 0.2) is 15.7 Å². The van der Waals surface area contributed by atoms with E-state index in [0.29, 0.717) is 48.3 Å². The number of carbonyl (C=O) groups is 2. The van der Waals surface area contributed by atoms with Crippen molar-refractivity contribution in [2.45, 2.75) is 18.7 Å². The van der Waals surface area contributed by atoms with Gasteiger partial charge in [-0.05, 0) is 31.2 Å². The van der Waals surface area contributed by atoms with Crippen LogP contribution in [0.15, 0.2) is 42.7 Å². The van der Waals surface area contributed by atoms with E-state index < -0.39 is 27.3 Å². The lowest BCUT2D eigenvalue weighted by Crippen LogP contribution is -2.44. The first-order valence-electron chi connectivity index (χ1n) is 11.9. The number of primary amides is 1. The maximum Gasteiger partial charge on any atom is 0.326 e. The second-order valence-corrected chi connectivity index (χ2v) is 11.2. The Labute approximate surface area is 220 Å². The number of rotatable bonds is 8. The van der Waals surface area contributed by atoms with E-state index in [-0.39, 0.29) is 17.8 Å². The molecule has 0 aliphatic carbocycles. The Kier molecular flexibility index (Phi) is 7.92. The van der Waals surface area contributed by atoms with Crippen molar-refractivity contribution in [3.63, 3.8) is 0 Å². The Balaban J connectivity index is 1.59. The van der Waals surface area contributed by atoms with Crippen molar-refractivity contribution >= 4 is 39.0 Å². The SMILES string of the molecule is C[C@H]1COCCN1c1cc(CS(=O)(=O)CC(N)=O)nc(-c2ccc(NC(=O)N(C)c3cnn(C)c3)cc2)n1. The Hall–Kier alpha value is -4.04. The average Bonchev–Trinajstić information content (AvgIpc) is 3.29. The Bertz CT molecular complexity index is 1420. The van der Waals surface area contributed by atoms with Crippen molar-refractivity contribution in [1.29, 1.82) is 0 Å². The number of nitrogens with zero attached hydrogens (tertiary/aromatic N) is 6. The number of hydrogen-bond acceptors (Lipinski definition) is 9. The molecular formula is C24H30N8O5S. The second-order valence-electron chi connectivity index (χ2n) is 9.10. The molecule has 4 rings (SSSR count). The van der Waals surface area contributed by atoms with Gasteiger partial charge in [-0.1, -0.05) is 0 Å². The summed E-state index contributed by atoms with van der Waals surface area (Å²) in [5.41, 5.74) is 7.18. The molecule has 1 aliphatic rings. The van der Waals surface area contributed by atoms with Crippen LogP contribution in [-0.4, -0.2) is 78.7 Å². The summed E-state index contributed by atoms with van der Waals surface area (Å²) >= 11 is 0. The molecule has 0 spiro atoms. The van der Waals surface area contributed by atoms with Crippen molar-refractivity contribution in [1.82, 2.24) is 19.7 Å². The molecule has 1 aliphatic heterocycles. The molecule has 1 saturated heterocycles. The number of nitrogens with one attached hydrogen (secondary N) is 1. The monoisotopic (exact) mass is 542 g/mol. The van der Waals surface area contributed by atoms with Gasteiger partial charge in [0.05, 0.1) is 42.6 Å². The average molecular weight is 543 g/mol. The van der Waals surface area contributed by atoms with Gasteiger partial charge in [-0.15, -0.1) is 0 Å². The summed E-state index contributed by atoms with van der Waals surface area (Å²) < 4.78 is 32.1. The van der Waals surface area contributed by atoms with E-state index in [2.05, 4.69) is 15.4 Å². The highest BCUT2D eigenvalue weighted by molar-refractivity contribution is 7.91. The fourth-order valence-electron chi connectivity index (χ4n) is 4.00. The van der Waals surface area contributed by atoms with Crippen molar-refractivity contribution in [3.05, 3.63) is 48.4 Å². The van der Waals surface area contributed by atoms with Crippen LogP contribution in [0.4, 0.5) is 22.0 Å². The maximum atomic E-state index is 12.6. The molecular weight excluding hydrogens is 512 g/mol. The fourth-order valence-corrected chi connectivity index (χ4v) is 5.14. The van der Waals surface area contributed by atoms with Crippen LogP contribution in [0, 0.1) is 0 Å². The summed E-state index contributed by atoms with van der Waals surface area (Å²) in [4.78, 5) is 36.5. The summed E-state index contributed by atoms with van der Waals surface area (Å²) in [5, 5.41) is 6.89. The number of carbonyl (C=O) groups excluding carboxylic acids is 2. The van der Waals surface area contributed by atoms with Gasteiger partial charge >= 0.3 is 6.03 Å². The van der Waals surface area contributed by atoms with E-state index in [4.69, 9.17) is 15.5 Å². The molecule has 0 radical (unpaired) electrons. The second kappa shape index (κ2) is 11.1. The minimum Gasteiger partial charge on any atom is -0.377 e. The molecule has 0 bridgehead atoms. The number of anilines is 3. The zero-order valence-corrected chi connectivity index (χ0v) is 22.2. The third-order valence-electron chi connectivity index (χ3n) is 5.94. The summed E-state index contributed by atoms with van der Waals surface area (Å²) in [6, 6.07) is 8.20. The highest BCUT2D eigenvalue weighted by Crippen LogP contribution is 2.25.